The quantitative estimate of drug-likeness (QED) is 0.0520. The summed E-state index contributed by atoms with van der Waals surface area (Å²) in [5.74, 6) is -9.91. The smallest absolute Gasteiger partial charge is 0.243 e. The summed E-state index contributed by atoms with van der Waals surface area (Å²) >= 11 is 0. The number of aldehydes is 1. The fourth-order valence-electron chi connectivity index (χ4n) is 7.79. The minimum absolute atomic E-state index is 0.00144. The van der Waals surface area contributed by atoms with Crippen LogP contribution >= 0.6 is 0 Å². The Hall–Kier alpha value is -7.18. The van der Waals surface area contributed by atoms with Gasteiger partial charge in [0.15, 0.2) is 0 Å². The third-order valence-corrected chi connectivity index (χ3v) is 12.2. The Bertz CT molecular complexity index is 2120. The largest absolute Gasteiger partial charge is 0.508 e. The number of phenolic OH excluding ortho intramolecular Hbond substituents is 1. The first-order valence-corrected chi connectivity index (χ1v) is 23.6. The van der Waals surface area contributed by atoms with Crippen molar-refractivity contribution in [3.63, 3.8) is 0 Å². The van der Waals surface area contributed by atoms with Gasteiger partial charge in [-0.05, 0) is 67.6 Å². The number of aromatic hydroxyl groups is 1. The molecule has 1 heterocycles. The molecular weight excluding hydrogens is 929 g/mol. The molecule has 11 amide bonds. The molecule has 1 aromatic carbocycles. The van der Waals surface area contributed by atoms with E-state index in [0.717, 1.165) is 0 Å². The molecule has 1 saturated carbocycles. The average molecular weight is 999 g/mol. The lowest BCUT2D eigenvalue weighted by Crippen LogP contribution is -2.64. The molecule has 16 N–H and O–H groups in total. The second-order valence-corrected chi connectivity index (χ2v) is 18.6. The van der Waals surface area contributed by atoms with Gasteiger partial charge >= 0.3 is 0 Å². The number of benzene rings is 1. The van der Waals surface area contributed by atoms with Crippen LogP contribution in [0.3, 0.4) is 0 Å². The molecule has 9 atom stereocenters. The molecule has 25 heteroatoms. The van der Waals surface area contributed by atoms with E-state index in [1.165, 1.54) is 24.3 Å². The van der Waals surface area contributed by atoms with Crippen LogP contribution in [0.25, 0.3) is 0 Å². The molecular formula is C46H70N12O13. The van der Waals surface area contributed by atoms with E-state index in [1.54, 1.807) is 13.8 Å². The van der Waals surface area contributed by atoms with Gasteiger partial charge in [-0.25, -0.2) is 0 Å². The first-order chi connectivity index (χ1) is 33.5. The Morgan fingerprint density at radius 1 is 0.845 bits per heavy atom. The third kappa shape index (κ3) is 20.0. The van der Waals surface area contributed by atoms with Crippen LogP contribution in [-0.2, 0) is 64.0 Å². The molecule has 2 aliphatic rings. The molecule has 1 saturated heterocycles. The van der Waals surface area contributed by atoms with E-state index in [0.29, 0.717) is 37.5 Å². The lowest BCUT2D eigenvalue weighted by Gasteiger charge is -2.34. The highest BCUT2D eigenvalue weighted by Crippen LogP contribution is 2.41. The number of hydrogen-bond acceptors (Lipinski definition) is 14. The van der Waals surface area contributed by atoms with Gasteiger partial charge in [0.25, 0.3) is 0 Å². The van der Waals surface area contributed by atoms with Gasteiger partial charge in [0.1, 0.15) is 41.7 Å². The lowest BCUT2D eigenvalue weighted by molar-refractivity contribution is -0.135. The molecule has 0 aromatic heterocycles. The number of phenols is 1. The zero-order valence-electron chi connectivity index (χ0n) is 40.6. The van der Waals surface area contributed by atoms with E-state index in [4.69, 9.17) is 17.2 Å². The maximum absolute atomic E-state index is 14.2. The molecule has 0 spiro atoms. The number of amides is 11. The van der Waals surface area contributed by atoms with Gasteiger partial charge in [0.2, 0.25) is 65.0 Å². The Morgan fingerprint density at radius 2 is 1.52 bits per heavy atom. The van der Waals surface area contributed by atoms with Crippen LogP contribution in [0.5, 0.6) is 5.75 Å². The highest BCUT2D eigenvalue weighted by atomic mass is 16.3. The van der Waals surface area contributed by atoms with E-state index in [-0.39, 0.29) is 37.0 Å². The second kappa shape index (κ2) is 27.9. The van der Waals surface area contributed by atoms with Crippen LogP contribution in [0, 0.1) is 23.7 Å². The zero-order valence-corrected chi connectivity index (χ0v) is 40.6. The molecule has 25 nitrogen and oxygen atoms in total. The molecule has 1 aromatic rings. The number of carbonyl (C=O) groups excluding carboxylic acids is 12. The predicted molar refractivity (Wildman–Crippen MR) is 253 cm³/mol. The maximum atomic E-state index is 14.2. The fourth-order valence-corrected chi connectivity index (χ4v) is 7.79. The molecule has 3 rings (SSSR count). The van der Waals surface area contributed by atoms with Crippen LogP contribution in [0.15, 0.2) is 24.3 Å². The summed E-state index contributed by atoms with van der Waals surface area (Å²) in [7, 11) is 0. The van der Waals surface area contributed by atoms with E-state index in [1.807, 2.05) is 13.8 Å². The maximum Gasteiger partial charge on any atom is 0.243 e. The Morgan fingerprint density at radius 3 is 2.13 bits per heavy atom. The molecule has 71 heavy (non-hydrogen) atoms. The van der Waals surface area contributed by atoms with Gasteiger partial charge in [-0.3, -0.25) is 52.7 Å². The van der Waals surface area contributed by atoms with Crippen molar-refractivity contribution in [1.82, 2.24) is 47.9 Å². The van der Waals surface area contributed by atoms with Crippen molar-refractivity contribution in [2.75, 3.05) is 26.2 Å². The molecule has 4 unspecified atom stereocenters. The monoisotopic (exact) mass is 999 g/mol. The van der Waals surface area contributed by atoms with Crippen molar-refractivity contribution in [3.8, 4) is 5.75 Å². The highest BCUT2D eigenvalue weighted by molar-refractivity contribution is 5.96. The van der Waals surface area contributed by atoms with Crippen molar-refractivity contribution >= 4 is 71.3 Å². The number of hydrogen-bond donors (Lipinski definition) is 13. The summed E-state index contributed by atoms with van der Waals surface area (Å²) < 4.78 is 0. The van der Waals surface area contributed by atoms with Gasteiger partial charge in [-0.2, -0.15) is 0 Å². The Balaban J connectivity index is 1.91. The summed E-state index contributed by atoms with van der Waals surface area (Å²) in [4.78, 5) is 157. The zero-order chi connectivity index (χ0) is 53.0. The highest BCUT2D eigenvalue weighted by Gasteiger charge is 2.44. The average Bonchev–Trinajstić information content (AvgIpc) is 4.09. The topological polar surface area (TPSA) is 411 Å². The molecule has 1 aliphatic carbocycles. The lowest BCUT2D eigenvalue weighted by atomic mass is 9.91. The summed E-state index contributed by atoms with van der Waals surface area (Å²) in [6.07, 6.45) is -0.813. The molecule has 0 bridgehead atoms. The van der Waals surface area contributed by atoms with Crippen molar-refractivity contribution in [1.29, 1.82) is 0 Å². The van der Waals surface area contributed by atoms with Crippen LogP contribution in [-0.4, -0.2) is 138 Å². The van der Waals surface area contributed by atoms with Crippen LogP contribution in [0.2, 0.25) is 0 Å². The SMILES string of the molecule is CCC(C)C1NC(=O)[C@H](Cc2ccc(O)cc2)NC(=O)CNC(=O)CC[C@H](C(=O)NCCC2CC2C(=O)N[C@@H](CC(C)C)C(=O)NCC(N)=O)NC(=O)[C@H](CC(N)=O)NC[C@](C=O)(CCC(N)=O)NC1=O. The molecule has 392 valence electrons. The number of rotatable bonds is 21. The van der Waals surface area contributed by atoms with Gasteiger partial charge in [0, 0.05) is 38.3 Å². The van der Waals surface area contributed by atoms with Gasteiger partial charge in [-0.1, -0.05) is 46.2 Å². The van der Waals surface area contributed by atoms with Crippen molar-refractivity contribution in [3.05, 3.63) is 29.8 Å². The summed E-state index contributed by atoms with van der Waals surface area (Å²) in [6, 6.07) is -0.873. The normalized spacial score (nSPS) is 24.5. The summed E-state index contributed by atoms with van der Waals surface area (Å²) in [5.41, 5.74) is 14.6. The first kappa shape index (κ1) is 58.1. The van der Waals surface area contributed by atoms with Gasteiger partial charge < -0.3 is 75.0 Å². The van der Waals surface area contributed by atoms with Gasteiger partial charge in [-0.15, -0.1) is 0 Å². The molecule has 2 fully saturated rings. The van der Waals surface area contributed by atoms with E-state index in [2.05, 4.69) is 47.9 Å². The van der Waals surface area contributed by atoms with Crippen LogP contribution < -0.4 is 65.1 Å². The second-order valence-electron chi connectivity index (χ2n) is 18.6. The van der Waals surface area contributed by atoms with Gasteiger partial charge in [0.05, 0.1) is 25.6 Å². The third-order valence-electron chi connectivity index (χ3n) is 12.2. The first-order valence-electron chi connectivity index (χ1n) is 23.6. The minimum Gasteiger partial charge on any atom is -0.508 e. The van der Waals surface area contributed by atoms with Crippen LogP contribution in [0.1, 0.15) is 91.0 Å². The molecule has 1 aliphatic heterocycles. The molecule has 0 radical (unpaired) electrons. The van der Waals surface area contributed by atoms with E-state index in [9.17, 15) is 62.6 Å². The fraction of sp³-hybridized carbons (Fsp3) is 0.609. The Kier molecular flexibility index (Phi) is 22.8. The van der Waals surface area contributed by atoms with E-state index < -0.39 is 158 Å². The summed E-state index contributed by atoms with van der Waals surface area (Å²) in [6.45, 7) is 5.45. The number of nitrogens with two attached hydrogens (primary N) is 3. The number of carbonyl (C=O) groups is 12. The summed E-state index contributed by atoms with van der Waals surface area (Å²) in [5, 5.41) is 33.1. The number of primary amides is 3. The van der Waals surface area contributed by atoms with Crippen molar-refractivity contribution in [2.45, 2.75) is 128 Å². The van der Waals surface area contributed by atoms with Crippen molar-refractivity contribution < 1.29 is 62.6 Å². The Labute approximate surface area is 411 Å². The van der Waals surface area contributed by atoms with Crippen molar-refractivity contribution in [2.24, 2.45) is 40.9 Å². The predicted octanol–water partition coefficient (Wildman–Crippen LogP) is -4.23. The minimum atomic E-state index is -2.00. The van der Waals surface area contributed by atoms with E-state index >= 15 is 0 Å². The standard InChI is InChI=1S/C46H70N12O13/c1-5-25(4)39-45(71)58-46(23-59,14-12-34(47)61)22-53-31(19-35(48)62)43(69)55-30(10-11-37(64)51-21-38(65)54-33(44(70)57-39)17-26-6-8-28(60)9-7-26)41(67)50-15-13-27-18-29(27)40(66)56-32(16-24(2)3)42(68)52-20-36(49)63/h6-9,23-25,27,29-33,39,53,60H,5,10-22H2,1-4H3,(H2,47,61)(H2,48,62)(H2,49,63)(H,50,67)(H,51,64)(H,52,68)(H,54,65)(H,55,69)(H,56,66)(H,57,70)(H,58,71)/t25?,27?,29?,30-,31+,32+,33+,39?,46+/m1/s1. The van der Waals surface area contributed by atoms with Crippen LogP contribution in [0.4, 0.5) is 0 Å². The number of nitrogens with one attached hydrogen (secondary N) is 9.